The summed E-state index contributed by atoms with van der Waals surface area (Å²) in [5, 5.41) is 1.14. The Morgan fingerprint density at radius 1 is 1.13 bits per heavy atom. The zero-order valence-corrected chi connectivity index (χ0v) is 14.1. The van der Waals surface area contributed by atoms with Crippen molar-refractivity contribution in [3.05, 3.63) is 59.9 Å². The first-order valence-corrected chi connectivity index (χ1v) is 8.78. The van der Waals surface area contributed by atoms with E-state index in [0.29, 0.717) is 0 Å². The Kier molecular flexibility index (Phi) is 5.53. The third-order valence-electron chi connectivity index (χ3n) is 3.68. The molecule has 0 N–H and O–H groups in total. The number of hydrogen-bond donors (Lipinski definition) is 0. The van der Waals surface area contributed by atoms with E-state index in [4.69, 9.17) is 9.73 Å². The van der Waals surface area contributed by atoms with Gasteiger partial charge in [0.05, 0.1) is 7.11 Å². The first-order chi connectivity index (χ1) is 11.3. The molecule has 0 amide bonds. The van der Waals surface area contributed by atoms with Crippen LogP contribution in [-0.4, -0.2) is 34.5 Å². The monoisotopic (exact) mass is 327 g/mol. The molecular formula is C18H21N3OS. The number of pyridine rings is 1. The number of methoxy groups -OCH3 is 1. The fourth-order valence-corrected chi connectivity index (χ4v) is 3.44. The van der Waals surface area contributed by atoms with E-state index in [0.717, 1.165) is 42.7 Å². The lowest BCUT2D eigenvalue weighted by atomic mass is 10.2. The maximum atomic E-state index is 5.24. The molecule has 3 rings (SSSR count). The van der Waals surface area contributed by atoms with Gasteiger partial charge in [-0.2, -0.15) is 0 Å². The van der Waals surface area contributed by atoms with E-state index in [2.05, 4.69) is 28.1 Å². The molecule has 0 aliphatic carbocycles. The standard InChI is InChI=1S/C18H21N3OS/c1-22-17-7-5-15(6-8-17)13-21(18-20-10-3-11-23-18)14-16-4-2-9-19-12-16/h2,4-9,12H,3,10-11,13-14H2,1H3. The van der Waals surface area contributed by atoms with Gasteiger partial charge in [-0.05, 0) is 35.7 Å². The number of hydrogen-bond acceptors (Lipinski definition) is 5. The molecule has 1 aromatic carbocycles. The lowest BCUT2D eigenvalue weighted by molar-refractivity contribution is 0.406. The molecule has 0 fully saturated rings. The van der Waals surface area contributed by atoms with Gasteiger partial charge in [-0.25, -0.2) is 0 Å². The second kappa shape index (κ2) is 8.02. The maximum absolute atomic E-state index is 5.24. The number of thioether (sulfide) groups is 1. The summed E-state index contributed by atoms with van der Waals surface area (Å²) >= 11 is 1.85. The molecule has 23 heavy (non-hydrogen) atoms. The zero-order chi connectivity index (χ0) is 15.9. The topological polar surface area (TPSA) is 37.7 Å². The number of ether oxygens (including phenoxy) is 1. The number of rotatable bonds is 5. The van der Waals surface area contributed by atoms with Crippen LogP contribution in [0.2, 0.25) is 0 Å². The van der Waals surface area contributed by atoms with Crippen molar-refractivity contribution < 1.29 is 4.74 Å². The number of nitrogens with zero attached hydrogens (tertiary/aromatic N) is 3. The van der Waals surface area contributed by atoms with E-state index in [-0.39, 0.29) is 0 Å². The van der Waals surface area contributed by atoms with Crippen molar-refractivity contribution in [2.45, 2.75) is 19.5 Å². The van der Waals surface area contributed by atoms with Gasteiger partial charge in [0.15, 0.2) is 5.17 Å². The molecule has 2 aromatic rings. The van der Waals surface area contributed by atoms with Gasteiger partial charge >= 0.3 is 0 Å². The fourth-order valence-electron chi connectivity index (χ4n) is 2.49. The average molecular weight is 327 g/mol. The summed E-state index contributed by atoms with van der Waals surface area (Å²) in [6, 6.07) is 12.3. The summed E-state index contributed by atoms with van der Waals surface area (Å²) < 4.78 is 5.24. The Balaban J connectivity index is 1.77. The van der Waals surface area contributed by atoms with E-state index in [1.807, 2.05) is 42.4 Å². The molecule has 0 radical (unpaired) electrons. The summed E-state index contributed by atoms with van der Waals surface area (Å²) in [7, 11) is 1.69. The van der Waals surface area contributed by atoms with Gasteiger partial charge in [0, 0.05) is 37.8 Å². The van der Waals surface area contributed by atoms with E-state index in [1.54, 1.807) is 7.11 Å². The highest BCUT2D eigenvalue weighted by molar-refractivity contribution is 8.13. The van der Waals surface area contributed by atoms with E-state index in [1.165, 1.54) is 11.1 Å². The van der Waals surface area contributed by atoms with Gasteiger partial charge < -0.3 is 9.64 Å². The van der Waals surface area contributed by atoms with Gasteiger partial charge in [0.25, 0.3) is 0 Å². The first kappa shape index (κ1) is 15.9. The fraction of sp³-hybridized carbons (Fsp3) is 0.333. The third kappa shape index (κ3) is 4.48. The molecule has 0 saturated heterocycles. The highest BCUT2D eigenvalue weighted by Gasteiger charge is 2.16. The molecular weight excluding hydrogens is 306 g/mol. The third-order valence-corrected chi connectivity index (χ3v) is 4.82. The van der Waals surface area contributed by atoms with Crippen LogP contribution in [0.5, 0.6) is 5.75 Å². The van der Waals surface area contributed by atoms with E-state index >= 15 is 0 Å². The van der Waals surface area contributed by atoms with Crippen molar-refractivity contribution in [2.75, 3.05) is 19.4 Å². The summed E-state index contributed by atoms with van der Waals surface area (Å²) in [5.74, 6) is 2.03. The van der Waals surface area contributed by atoms with Crippen LogP contribution in [0.15, 0.2) is 53.8 Å². The molecule has 1 aliphatic heterocycles. The second-order valence-corrected chi connectivity index (χ2v) is 6.49. The van der Waals surface area contributed by atoms with E-state index in [9.17, 15) is 0 Å². The Morgan fingerprint density at radius 2 is 1.96 bits per heavy atom. The van der Waals surface area contributed by atoms with Gasteiger partial charge in [0.1, 0.15) is 5.75 Å². The van der Waals surface area contributed by atoms with Crippen molar-refractivity contribution in [2.24, 2.45) is 4.99 Å². The average Bonchev–Trinajstić information content (AvgIpc) is 2.63. The second-order valence-electron chi connectivity index (χ2n) is 5.43. The van der Waals surface area contributed by atoms with Crippen molar-refractivity contribution in [1.82, 2.24) is 9.88 Å². The molecule has 0 saturated carbocycles. The Bertz CT molecular complexity index is 643. The van der Waals surface area contributed by atoms with Crippen LogP contribution < -0.4 is 4.74 Å². The van der Waals surface area contributed by atoms with Crippen LogP contribution in [0.25, 0.3) is 0 Å². The first-order valence-electron chi connectivity index (χ1n) is 7.79. The molecule has 1 aromatic heterocycles. The zero-order valence-electron chi connectivity index (χ0n) is 13.3. The maximum Gasteiger partial charge on any atom is 0.159 e. The summed E-state index contributed by atoms with van der Waals surface area (Å²) in [4.78, 5) is 11.3. The minimum atomic E-state index is 0.825. The smallest absolute Gasteiger partial charge is 0.159 e. The highest BCUT2D eigenvalue weighted by Crippen LogP contribution is 2.21. The van der Waals surface area contributed by atoms with Gasteiger partial charge in [-0.15, -0.1) is 0 Å². The van der Waals surface area contributed by atoms with Crippen LogP contribution in [0.3, 0.4) is 0 Å². The number of aliphatic imine (C=N–C) groups is 1. The van der Waals surface area contributed by atoms with Crippen molar-refractivity contribution in [1.29, 1.82) is 0 Å². The minimum absolute atomic E-state index is 0.825. The normalized spacial score (nSPS) is 14.2. The van der Waals surface area contributed by atoms with Crippen LogP contribution >= 0.6 is 11.8 Å². The molecule has 1 aliphatic rings. The van der Waals surface area contributed by atoms with Crippen LogP contribution in [0, 0.1) is 0 Å². The van der Waals surface area contributed by atoms with Crippen LogP contribution in [0.1, 0.15) is 17.5 Å². The molecule has 0 unspecified atom stereocenters. The number of aromatic nitrogens is 1. The molecule has 0 spiro atoms. The SMILES string of the molecule is COc1ccc(CN(Cc2cccnc2)C2=NCCCS2)cc1. The molecule has 120 valence electrons. The Morgan fingerprint density at radius 3 is 2.61 bits per heavy atom. The lowest BCUT2D eigenvalue weighted by Gasteiger charge is -2.27. The van der Waals surface area contributed by atoms with Crippen molar-refractivity contribution in [3.8, 4) is 5.75 Å². The molecule has 2 heterocycles. The van der Waals surface area contributed by atoms with Crippen LogP contribution in [-0.2, 0) is 13.1 Å². The molecule has 0 atom stereocenters. The highest BCUT2D eigenvalue weighted by atomic mass is 32.2. The Labute approximate surface area is 141 Å². The summed E-state index contributed by atoms with van der Waals surface area (Å²) in [5.41, 5.74) is 2.46. The van der Waals surface area contributed by atoms with Gasteiger partial charge in [-0.1, -0.05) is 30.0 Å². The largest absolute Gasteiger partial charge is 0.497 e. The van der Waals surface area contributed by atoms with E-state index < -0.39 is 0 Å². The van der Waals surface area contributed by atoms with Crippen molar-refractivity contribution in [3.63, 3.8) is 0 Å². The molecule has 0 bridgehead atoms. The van der Waals surface area contributed by atoms with Crippen LogP contribution in [0.4, 0.5) is 0 Å². The van der Waals surface area contributed by atoms with Gasteiger partial charge in [-0.3, -0.25) is 9.98 Å². The van der Waals surface area contributed by atoms with Gasteiger partial charge in [0.2, 0.25) is 0 Å². The van der Waals surface area contributed by atoms with Crippen molar-refractivity contribution >= 4 is 16.9 Å². The Hall–Kier alpha value is -2.01. The summed E-state index contributed by atoms with van der Waals surface area (Å²) in [6.45, 7) is 2.59. The predicted molar refractivity (Wildman–Crippen MR) is 95.9 cm³/mol. The number of benzene rings is 1. The lowest BCUT2D eigenvalue weighted by Crippen LogP contribution is -2.30. The molecule has 5 heteroatoms. The predicted octanol–water partition coefficient (Wildman–Crippen LogP) is 3.59. The number of amidine groups is 1. The molecule has 4 nitrogen and oxygen atoms in total. The quantitative estimate of drug-likeness (QED) is 0.841. The summed E-state index contributed by atoms with van der Waals surface area (Å²) in [6.07, 6.45) is 4.90. The minimum Gasteiger partial charge on any atom is -0.497 e.